The first-order valence-electron chi connectivity index (χ1n) is 5.88. The third-order valence-electron chi connectivity index (χ3n) is 3.29. The lowest BCUT2D eigenvalue weighted by molar-refractivity contribution is 0.125. The first-order chi connectivity index (χ1) is 8.25. The van der Waals surface area contributed by atoms with Gasteiger partial charge in [0, 0.05) is 5.39 Å². The predicted molar refractivity (Wildman–Crippen MR) is 64.7 cm³/mol. The van der Waals surface area contributed by atoms with E-state index in [1.807, 2.05) is 18.2 Å². The summed E-state index contributed by atoms with van der Waals surface area (Å²) < 4.78 is 1.37. The number of aromatic nitrogens is 2. The zero-order chi connectivity index (χ0) is 11.8. The molecule has 0 aliphatic heterocycles. The second kappa shape index (κ2) is 3.96. The third-order valence-corrected chi connectivity index (χ3v) is 3.29. The highest BCUT2D eigenvalue weighted by molar-refractivity contribution is 5.80. The predicted octanol–water partition coefficient (Wildman–Crippen LogP) is 1.17. The van der Waals surface area contributed by atoms with Crippen molar-refractivity contribution >= 4 is 10.8 Å². The number of fused-ring (bicyclic) bond motifs is 1. The molecule has 2 aromatic rings. The molecule has 17 heavy (non-hydrogen) atoms. The van der Waals surface area contributed by atoms with E-state index in [0.717, 1.165) is 18.2 Å². The van der Waals surface area contributed by atoms with Crippen LogP contribution >= 0.6 is 0 Å². The van der Waals surface area contributed by atoms with Crippen LogP contribution in [0.2, 0.25) is 0 Å². The Hall–Kier alpha value is -1.68. The second-order valence-corrected chi connectivity index (χ2v) is 4.62. The Kier molecular flexibility index (Phi) is 2.44. The molecule has 1 aliphatic rings. The second-order valence-electron chi connectivity index (χ2n) is 4.62. The van der Waals surface area contributed by atoms with Crippen molar-refractivity contribution in [1.82, 2.24) is 9.78 Å². The van der Waals surface area contributed by atoms with Gasteiger partial charge in [0.2, 0.25) is 0 Å². The Morgan fingerprint density at radius 3 is 2.94 bits per heavy atom. The summed E-state index contributed by atoms with van der Waals surface area (Å²) in [5.74, 6) is 0.357. The Balaban J connectivity index is 1.99. The van der Waals surface area contributed by atoms with Gasteiger partial charge in [-0.3, -0.25) is 4.79 Å². The number of benzene rings is 1. The van der Waals surface area contributed by atoms with E-state index in [1.54, 1.807) is 12.3 Å². The minimum atomic E-state index is -0.443. The zero-order valence-corrected chi connectivity index (χ0v) is 9.41. The van der Waals surface area contributed by atoms with Crippen LogP contribution in [0.15, 0.2) is 35.3 Å². The third kappa shape index (κ3) is 1.96. The summed E-state index contributed by atoms with van der Waals surface area (Å²) in [6.07, 6.45) is 3.35. The molecule has 0 spiro atoms. The Bertz CT molecular complexity index is 602. The van der Waals surface area contributed by atoms with Crippen molar-refractivity contribution in [2.45, 2.75) is 25.5 Å². The lowest BCUT2D eigenvalue weighted by Gasteiger charge is -2.10. The minimum absolute atomic E-state index is 0.122. The van der Waals surface area contributed by atoms with E-state index in [9.17, 15) is 9.90 Å². The summed E-state index contributed by atoms with van der Waals surface area (Å²) in [7, 11) is 0. The molecule has 4 nitrogen and oxygen atoms in total. The molecule has 1 fully saturated rings. The molecule has 0 saturated heterocycles. The highest BCUT2D eigenvalue weighted by atomic mass is 16.3. The van der Waals surface area contributed by atoms with E-state index in [4.69, 9.17) is 0 Å². The van der Waals surface area contributed by atoms with Crippen LogP contribution in [0, 0.1) is 5.92 Å². The van der Waals surface area contributed by atoms with Crippen molar-refractivity contribution in [2.75, 3.05) is 0 Å². The maximum Gasteiger partial charge on any atom is 0.274 e. The van der Waals surface area contributed by atoms with Crippen LogP contribution in [0.25, 0.3) is 10.8 Å². The van der Waals surface area contributed by atoms with Crippen LogP contribution in [0.4, 0.5) is 0 Å². The van der Waals surface area contributed by atoms with E-state index in [-0.39, 0.29) is 5.56 Å². The molecule has 0 amide bonds. The van der Waals surface area contributed by atoms with Crippen LogP contribution in [-0.2, 0) is 6.54 Å². The van der Waals surface area contributed by atoms with Crippen molar-refractivity contribution in [1.29, 1.82) is 0 Å². The molecule has 4 heteroatoms. The fourth-order valence-corrected chi connectivity index (χ4v) is 2.07. The van der Waals surface area contributed by atoms with Crippen LogP contribution in [-0.4, -0.2) is 21.0 Å². The molecule has 1 atom stereocenters. The minimum Gasteiger partial charge on any atom is -0.391 e. The van der Waals surface area contributed by atoms with Gasteiger partial charge in [0.25, 0.3) is 5.56 Å². The molecule has 3 rings (SSSR count). The van der Waals surface area contributed by atoms with E-state index in [2.05, 4.69) is 5.10 Å². The van der Waals surface area contributed by atoms with Gasteiger partial charge in [0.1, 0.15) is 0 Å². The largest absolute Gasteiger partial charge is 0.391 e. The van der Waals surface area contributed by atoms with Gasteiger partial charge in [-0.25, -0.2) is 4.68 Å². The summed E-state index contributed by atoms with van der Waals surface area (Å²) in [6, 6.07) is 7.38. The normalized spacial score (nSPS) is 17.2. The van der Waals surface area contributed by atoms with E-state index < -0.39 is 6.10 Å². The van der Waals surface area contributed by atoms with Crippen molar-refractivity contribution < 1.29 is 5.11 Å². The average Bonchev–Trinajstić information content (AvgIpc) is 3.17. The number of nitrogens with zero attached hydrogens (tertiary/aromatic N) is 2. The van der Waals surface area contributed by atoms with Gasteiger partial charge in [-0.1, -0.05) is 18.2 Å². The lowest BCUT2D eigenvalue weighted by atomic mass is 10.2. The van der Waals surface area contributed by atoms with Gasteiger partial charge in [-0.15, -0.1) is 0 Å². The van der Waals surface area contributed by atoms with Crippen LogP contribution in [0.5, 0.6) is 0 Å². The topological polar surface area (TPSA) is 55.1 Å². The number of hydrogen-bond donors (Lipinski definition) is 1. The Morgan fingerprint density at radius 2 is 2.18 bits per heavy atom. The maximum atomic E-state index is 12.1. The monoisotopic (exact) mass is 230 g/mol. The number of hydrogen-bond acceptors (Lipinski definition) is 3. The van der Waals surface area contributed by atoms with Gasteiger partial charge in [0.05, 0.1) is 24.2 Å². The van der Waals surface area contributed by atoms with Crippen LogP contribution in [0.1, 0.15) is 12.8 Å². The standard InChI is InChI=1S/C13H14N2O2/c16-12(9-5-6-9)8-15-13(17)11-4-2-1-3-10(11)7-14-15/h1-4,7,9,12,16H,5-6,8H2. The highest BCUT2D eigenvalue weighted by Gasteiger charge is 2.30. The van der Waals surface area contributed by atoms with E-state index in [1.165, 1.54) is 4.68 Å². The van der Waals surface area contributed by atoms with Gasteiger partial charge in [-0.2, -0.15) is 5.10 Å². The van der Waals surface area contributed by atoms with E-state index >= 15 is 0 Å². The number of rotatable bonds is 3. The highest BCUT2D eigenvalue weighted by Crippen LogP contribution is 2.32. The van der Waals surface area contributed by atoms with Crippen molar-refractivity contribution in [2.24, 2.45) is 5.92 Å². The maximum absolute atomic E-state index is 12.1. The summed E-state index contributed by atoms with van der Waals surface area (Å²) in [4.78, 5) is 12.1. The van der Waals surface area contributed by atoms with Gasteiger partial charge in [0.15, 0.2) is 0 Å². The van der Waals surface area contributed by atoms with Gasteiger partial charge >= 0.3 is 0 Å². The van der Waals surface area contributed by atoms with Crippen LogP contribution < -0.4 is 5.56 Å². The van der Waals surface area contributed by atoms with Crippen molar-refractivity contribution in [3.63, 3.8) is 0 Å². The fourth-order valence-electron chi connectivity index (χ4n) is 2.07. The molecule has 88 valence electrons. The number of aliphatic hydroxyl groups excluding tert-OH is 1. The summed E-state index contributed by atoms with van der Waals surface area (Å²) in [5.41, 5.74) is -0.122. The molecule has 1 N–H and O–H groups in total. The first-order valence-corrected chi connectivity index (χ1v) is 5.88. The summed E-state index contributed by atoms with van der Waals surface area (Å²) >= 11 is 0. The molecule has 0 radical (unpaired) electrons. The molecule has 0 bridgehead atoms. The molecular formula is C13H14N2O2. The SMILES string of the molecule is O=c1c2ccccc2cnn1CC(O)C1CC1. The zero-order valence-electron chi connectivity index (χ0n) is 9.41. The molecule has 1 saturated carbocycles. The molecular weight excluding hydrogens is 216 g/mol. The lowest BCUT2D eigenvalue weighted by Crippen LogP contribution is -2.29. The van der Waals surface area contributed by atoms with Crippen molar-refractivity contribution in [3.05, 3.63) is 40.8 Å². The molecule has 1 aromatic heterocycles. The van der Waals surface area contributed by atoms with Gasteiger partial charge in [-0.05, 0) is 24.8 Å². The molecule has 1 heterocycles. The van der Waals surface area contributed by atoms with Gasteiger partial charge < -0.3 is 5.11 Å². The summed E-state index contributed by atoms with van der Waals surface area (Å²) in [5, 5.41) is 15.4. The smallest absolute Gasteiger partial charge is 0.274 e. The van der Waals surface area contributed by atoms with Crippen LogP contribution in [0.3, 0.4) is 0 Å². The number of aliphatic hydroxyl groups is 1. The molecule has 1 aromatic carbocycles. The van der Waals surface area contributed by atoms with Crippen molar-refractivity contribution in [3.8, 4) is 0 Å². The quantitative estimate of drug-likeness (QED) is 0.861. The molecule has 1 aliphatic carbocycles. The first kappa shape index (κ1) is 10.5. The average molecular weight is 230 g/mol. The summed E-state index contributed by atoms with van der Waals surface area (Å²) in [6.45, 7) is 0.300. The Labute approximate surface area is 98.5 Å². The Morgan fingerprint density at radius 1 is 1.41 bits per heavy atom. The molecule has 1 unspecified atom stereocenters. The fraction of sp³-hybridized carbons (Fsp3) is 0.385. The van der Waals surface area contributed by atoms with E-state index in [0.29, 0.717) is 17.8 Å².